The van der Waals surface area contributed by atoms with Crippen molar-refractivity contribution in [2.75, 3.05) is 0 Å². The Bertz CT molecular complexity index is 307. The van der Waals surface area contributed by atoms with Crippen LogP contribution in [0.5, 0.6) is 0 Å². The van der Waals surface area contributed by atoms with Gasteiger partial charge in [0.2, 0.25) is 0 Å². The van der Waals surface area contributed by atoms with Gasteiger partial charge in [-0.1, -0.05) is 0 Å². The molecule has 0 aliphatic heterocycles. The van der Waals surface area contributed by atoms with Crippen molar-refractivity contribution in [2.45, 2.75) is 0 Å². The van der Waals surface area contributed by atoms with Crippen molar-refractivity contribution >= 4 is 0 Å². The summed E-state index contributed by atoms with van der Waals surface area (Å²) in [5.41, 5.74) is 0. The summed E-state index contributed by atoms with van der Waals surface area (Å²) in [6.07, 6.45) is 14.6. The fourth-order valence-corrected chi connectivity index (χ4v) is 0.760. The van der Waals surface area contributed by atoms with E-state index in [1.54, 1.807) is 55.4 Å². The average molecular weight is 240 g/mol. The number of hydrogen-bond donors (Lipinski definition) is 0. The Hall–Kier alpha value is -2.76. The van der Waals surface area contributed by atoms with Crippen molar-refractivity contribution in [3.8, 4) is 0 Å². The Kier molecular flexibility index (Phi) is 7.94. The quantitative estimate of drug-likeness (QED) is 0.591. The van der Waals surface area contributed by atoms with E-state index < -0.39 is 0 Å². The highest BCUT2D eigenvalue weighted by atomic mass is 14.8. The van der Waals surface area contributed by atoms with Crippen LogP contribution in [0, 0.1) is 0 Å². The molecule has 3 aromatic rings. The van der Waals surface area contributed by atoms with Crippen LogP contribution in [0.15, 0.2) is 74.4 Å². The van der Waals surface area contributed by atoms with Crippen molar-refractivity contribution in [1.29, 1.82) is 0 Å². The summed E-state index contributed by atoms with van der Waals surface area (Å²) in [5, 5.41) is 0. The Morgan fingerprint density at radius 1 is 0.333 bits per heavy atom. The molecule has 0 spiro atoms. The molecule has 3 heterocycles. The fourth-order valence-electron chi connectivity index (χ4n) is 0.760. The summed E-state index contributed by atoms with van der Waals surface area (Å²) >= 11 is 0. The minimum absolute atomic E-state index is 1.50. The SMILES string of the molecule is c1cncnc1.c1cncnc1.c1cncnc1. The molecule has 0 fully saturated rings. The van der Waals surface area contributed by atoms with Gasteiger partial charge in [0.1, 0.15) is 19.0 Å². The van der Waals surface area contributed by atoms with Crippen LogP contribution in [-0.4, -0.2) is 29.9 Å². The van der Waals surface area contributed by atoms with Crippen LogP contribution < -0.4 is 0 Å². The van der Waals surface area contributed by atoms with E-state index in [9.17, 15) is 0 Å². The molecule has 0 saturated carbocycles. The molecule has 90 valence electrons. The van der Waals surface area contributed by atoms with Gasteiger partial charge in [-0.15, -0.1) is 0 Å². The molecule has 3 rings (SSSR count). The first-order valence-corrected chi connectivity index (χ1v) is 5.10. The molecule has 6 nitrogen and oxygen atoms in total. The van der Waals surface area contributed by atoms with Gasteiger partial charge < -0.3 is 0 Å². The van der Waals surface area contributed by atoms with E-state index in [1.165, 1.54) is 19.0 Å². The highest BCUT2D eigenvalue weighted by Gasteiger charge is 1.60. The summed E-state index contributed by atoms with van der Waals surface area (Å²) < 4.78 is 0. The smallest absolute Gasteiger partial charge is 0.115 e. The second kappa shape index (κ2) is 10.7. The zero-order valence-corrected chi connectivity index (χ0v) is 9.61. The predicted molar refractivity (Wildman–Crippen MR) is 66.1 cm³/mol. The van der Waals surface area contributed by atoms with Gasteiger partial charge in [-0.25, -0.2) is 29.9 Å². The standard InChI is InChI=1S/3C4H4N2/c3*1-2-5-4-6-3-1/h3*1-4H. The second-order valence-corrected chi connectivity index (χ2v) is 2.71. The third-order valence-corrected chi connectivity index (χ3v) is 1.43. The molecular formula is C12H12N6. The maximum absolute atomic E-state index is 3.67. The molecular weight excluding hydrogens is 228 g/mol. The van der Waals surface area contributed by atoms with Crippen LogP contribution in [-0.2, 0) is 0 Å². The lowest BCUT2D eigenvalue weighted by Gasteiger charge is -1.70. The van der Waals surface area contributed by atoms with E-state index in [4.69, 9.17) is 0 Å². The van der Waals surface area contributed by atoms with Gasteiger partial charge in [-0.05, 0) is 18.2 Å². The van der Waals surface area contributed by atoms with E-state index >= 15 is 0 Å². The first-order chi connectivity index (χ1) is 9.00. The monoisotopic (exact) mass is 240 g/mol. The molecule has 0 aliphatic carbocycles. The molecule has 0 amide bonds. The highest BCUT2D eigenvalue weighted by molar-refractivity contribution is 4.75. The van der Waals surface area contributed by atoms with E-state index in [-0.39, 0.29) is 0 Å². The van der Waals surface area contributed by atoms with Crippen molar-refractivity contribution in [3.63, 3.8) is 0 Å². The van der Waals surface area contributed by atoms with Gasteiger partial charge in [0.15, 0.2) is 0 Å². The average Bonchev–Trinajstić information content (AvgIpc) is 2.54. The fraction of sp³-hybridized carbons (Fsp3) is 0. The van der Waals surface area contributed by atoms with E-state index in [0.29, 0.717) is 0 Å². The number of aromatic nitrogens is 6. The second-order valence-electron chi connectivity index (χ2n) is 2.71. The third-order valence-electron chi connectivity index (χ3n) is 1.43. The molecule has 0 aliphatic rings. The molecule has 0 saturated heterocycles. The summed E-state index contributed by atoms with van der Waals surface area (Å²) in [6, 6.07) is 5.33. The minimum Gasteiger partial charge on any atom is -0.245 e. The molecule has 0 radical (unpaired) electrons. The summed E-state index contributed by atoms with van der Waals surface area (Å²) in [6.45, 7) is 0. The lowest BCUT2D eigenvalue weighted by Crippen LogP contribution is -1.66. The van der Waals surface area contributed by atoms with Crippen LogP contribution in [0.4, 0.5) is 0 Å². The van der Waals surface area contributed by atoms with E-state index in [2.05, 4.69) is 29.9 Å². The first-order valence-electron chi connectivity index (χ1n) is 5.10. The zero-order valence-electron chi connectivity index (χ0n) is 9.61. The van der Waals surface area contributed by atoms with Gasteiger partial charge in [-0.2, -0.15) is 0 Å². The van der Waals surface area contributed by atoms with Crippen molar-refractivity contribution in [1.82, 2.24) is 29.9 Å². The zero-order chi connectivity index (χ0) is 12.7. The van der Waals surface area contributed by atoms with Gasteiger partial charge in [-0.3, -0.25) is 0 Å². The van der Waals surface area contributed by atoms with Crippen LogP contribution in [0.25, 0.3) is 0 Å². The minimum atomic E-state index is 1.50. The van der Waals surface area contributed by atoms with Gasteiger partial charge in [0.05, 0.1) is 0 Å². The maximum atomic E-state index is 3.67. The van der Waals surface area contributed by atoms with Crippen molar-refractivity contribution in [3.05, 3.63) is 74.4 Å². The number of hydrogen-bond acceptors (Lipinski definition) is 6. The van der Waals surface area contributed by atoms with E-state index in [1.807, 2.05) is 0 Å². The van der Waals surface area contributed by atoms with Crippen LogP contribution in [0.1, 0.15) is 0 Å². The number of rotatable bonds is 0. The molecule has 3 aromatic heterocycles. The molecule has 6 heteroatoms. The van der Waals surface area contributed by atoms with Gasteiger partial charge in [0.25, 0.3) is 0 Å². The predicted octanol–water partition coefficient (Wildman–Crippen LogP) is 1.43. The van der Waals surface area contributed by atoms with Crippen molar-refractivity contribution in [2.24, 2.45) is 0 Å². The molecule has 0 atom stereocenters. The summed E-state index contributed by atoms with van der Waals surface area (Å²) in [7, 11) is 0. The largest absolute Gasteiger partial charge is 0.245 e. The van der Waals surface area contributed by atoms with Gasteiger partial charge >= 0.3 is 0 Å². The topological polar surface area (TPSA) is 77.3 Å². The Morgan fingerprint density at radius 2 is 0.556 bits per heavy atom. The molecule has 18 heavy (non-hydrogen) atoms. The van der Waals surface area contributed by atoms with Gasteiger partial charge in [0, 0.05) is 37.2 Å². The normalized spacial score (nSPS) is 8.00. The molecule has 0 bridgehead atoms. The Labute approximate surface area is 105 Å². The lowest BCUT2D eigenvalue weighted by atomic mass is 10.7. The maximum Gasteiger partial charge on any atom is 0.115 e. The summed E-state index contributed by atoms with van der Waals surface area (Å²) in [5.74, 6) is 0. The first kappa shape index (κ1) is 13.3. The van der Waals surface area contributed by atoms with E-state index in [0.717, 1.165) is 0 Å². The van der Waals surface area contributed by atoms with Crippen LogP contribution in [0.2, 0.25) is 0 Å². The lowest BCUT2D eigenvalue weighted by molar-refractivity contribution is 1.17. The molecule has 0 N–H and O–H groups in total. The highest BCUT2D eigenvalue weighted by Crippen LogP contribution is 1.67. The molecule has 0 aromatic carbocycles. The Morgan fingerprint density at radius 3 is 0.611 bits per heavy atom. The third kappa shape index (κ3) is 8.54. The summed E-state index contributed by atoms with van der Waals surface area (Å²) in [4.78, 5) is 22.0. The molecule has 0 unspecified atom stereocenters. The van der Waals surface area contributed by atoms with Crippen molar-refractivity contribution < 1.29 is 0 Å². The van der Waals surface area contributed by atoms with Crippen LogP contribution >= 0.6 is 0 Å². The Balaban J connectivity index is 0.000000135. The number of nitrogens with zero attached hydrogens (tertiary/aromatic N) is 6. The van der Waals surface area contributed by atoms with Crippen LogP contribution in [0.3, 0.4) is 0 Å².